The summed E-state index contributed by atoms with van der Waals surface area (Å²) in [6.45, 7) is 0.826. The van der Waals surface area contributed by atoms with Crippen molar-refractivity contribution in [2.75, 3.05) is 11.4 Å². The number of carboxylic acids is 1. The molecule has 19 heavy (non-hydrogen) atoms. The Bertz CT molecular complexity index is 519. The van der Waals surface area contributed by atoms with Crippen molar-refractivity contribution in [2.45, 2.75) is 25.3 Å². The zero-order valence-electron chi connectivity index (χ0n) is 10.3. The fourth-order valence-corrected chi connectivity index (χ4v) is 3.07. The predicted molar refractivity (Wildman–Crippen MR) is 75.3 cm³/mol. The molecule has 1 aliphatic heterocycles. The second-order valence-electron chi connectivity index (χ2n) is 4.62. The lowest BCUT2D eigenvalue weighted by Crippen LogP contribution is -2.31. The second-order valence-corrected chi connectivity index (χ2v) is 5.47. The van der Waals surface area contributed by atoms with Gasteiger partial charge in [-0.2, -0.15) is 0 Å². The highest BCUT2D eigenvalue weighted by Crippen LogP contribution is 2.33. The average molecular weight is 327 g/mol. The van der Waals surface area contributed by atoms with Crippen molar-refractivity contribution in [2.24, 2.45) is 5.73 Å². The molecule has 2 rings (SSSR count). The van der Waals surface area contributed by atoms with Gasteiger partial charge in [-0.25, -0.2) is 0 Å². The summed E-state index contributed by atoms with van der Waals surface area (Å²) in [6, 6.07) is 5.16. The van der Waals surface area contributed by atoms with E-state index in [-0.39, 0.29) is 12.5 Å². The van der Waals surface area contributed by atoms with E-state index in [9.17, 15) is 9.59 Å². The number of hydrogen-bond acceptors (Lipinski definition) is 3. The van der Waals surface area contributed by atoms with Crippen LogP contribution >= 0.6 is 15.9 Å². The predicted octanol–water partition coefficient (Wildman–Crippen LogP) is 1.99. The lowest BCUT2D eigenvalue weighted by atomic mass is 10.1. The Kier molecular flexibility index (Phi) is 4.09. The highest BCUT2D eigenvalue weighted by Gasteiger charge is 2.28. The van der Waals surface area contributed by atoms with Gasteiger partial charge in [0.15, 0.2) is 0 Å². The molecular weight excluding hydrogens is 312 g/mol. The van der Waals surface area contributed by atoms with Crippen LogP contribution in [0.5, 0.6) is 0 Å². The first-order valence-electron chi connectivity index (χ1n) is 6.07. The van der Waals surface area contributed by atoms with Gasteiger partial charge in [-0.15, -0.1) is 0 Å². The smallest absolute Gasteiger partial charge is 0.305 e. The first kappa shape index (κ1) is 13.9. The van der Waals surface area contributed by atoms with Gasteiger partial charge in [-0.05, 0) is 47.0 Å². The van der Waals surface area contributed by atoms with Crippen molar-refractivity contribution in [3.63, 3.8) is 0 Å². The third kappa shape index (κ3) is 3.07. The van der Waals surface area contributed by atoms with Crippen molar-refractivity contribution in [3.8, 4) is 0 Å². The minimum atomic E-state index is -0.790. The van der Waals surface area contributed by atoms with Crippen LogP contribution in [0, 0.1) is 0 Å². The molecule has 0 radical (unpaired) electrons. The molecule has 1 unspecified atom stereocenters. The Morgan fingerprint density at radius 1 is 1.47 bits per heavy atom. The number of primary amides is 1. The fourth-order valence-electron chi connectivity index (χ4n) is 2.46. The van der Waals surface area contributed by atoms with Crippen molar-refractivity contribution in [1.82, 2.24) is 0 Å². The number of carbonyl (C=O) groups excluding carboxylic acids is 1. The summed E-state index contributed by atoms with van der Waals surface area (Å²) in [4.78, 5) is 24.0. The minimum absolute atomic E-state index is 0.00762. The maximum Gasteiger partial charge on any atom is 0.305 e. The van der Waals surface area contributed by atoms with Crippen LogP contribution in [0.4, 0.5) is 5.69 Å². The van der Waals surface area contributed by atoms with Gasteiger partial charge in [0.1, 0.15) is 0 Å². The zero-order chi connectivity index (χ0) is 14.0. The molecule has 0 spiro atoms. The highest BCUT2D eigenvalue weighted by atomic mass is 79.9. The SMILES string of the molecule is NC(=O)c1ccc(N2CCCC2CC(=O)O)c(Br)c1. The van der Waals surface area contributed by atoms with Crippen LogP contribution in [0.1, 0.15) is 29.6 Å². The molecule has 0 aliphatic carbocycles. The fraction of sp³-hybridized carbons (Fsp3) is 0.385. The number of carbonyl (C=O) groups is 2. The van der Waals surface area contributed by atoms with E-state index in [1.54, 1.807) is 12.1 Å². The van der Waals surface area contributed by atoms with Crippen LogP contribution in [-0.4, -0.2) is 29.6 Å². The third-order valence-electron chi connectivity index (χ3n) is 3.33. The monoisotopic (exact) mass is 326 g/mol. The zero-order valence-corrected chi connectivity index (χ0v) is 11.9. The number of benzene rings is 1. The molecule has 1 amide bonds. The largest absolute Gasteiger partial charge is 0.481 e. The minimum Gasteiger partial charge on any atom is -0.481 e. The molecule has 5 nitrogen and oxygen atoms in total. The Labute approximate surface area is 119 Å². The van der Waals surface area contributed by atoms with Crippen molar-refractivity contribution in [1.29, 1.82) is 0 Å². The number of hydrogen-bond donors (Lipinski definition) is 2. The summed E-state index contributed by atoms with van der Waals surface area (Å²) in [5, 5.41) is 8.93. The highest BCUT2D eigenvalue weighted by molar-refractivity contribution is 9.10. The molecular formula is C13H15BrN2O3. The van der Waals surface area contributed by atoms with E-state index < -0.39 is 11.9 Å². The van der Waals surface area contributed by atoms with Crippen molar-refractivity contribution in [3.05, 3.63) is 28.2 Å². The molecule has 6 heteroatoms. The number of amides is 1. The quantitative estimate of drug-likeness (QED) is 0.886. The third-order valence-corrected chi connectivity index (χ3v) is 3.96. The van der Waals surface area contributed by atoms with Gasteiger partial charge in [-0.3, -0.25) is 9.59 Å². The summed E-state index contributed by atoms with van der Waals surface area (Å²) in [6.07, 6.45) is 1.97. The van der Waals surface area contributed by atoms with E-state index in [0.717, 1.165) is 29.5 Å². The van der Waals surface area contributed by atoms with Crippen LogP contribution in [-0.2, 0) is 4.79 Å². The van der Waals surface area contributed by atoms with E-state index in [1.165, 1.54) is 0 Å². The average Bonchev–Trinajstić information content (AvgIpc) is 2.75. The Morgan fingerprint density at radius 3 is 2.79 bits per heavy atom. The van der Waals surface area contributed by atoms with Crippen LogP contribution < -0.4 is 10.6 Å². The van der Waals surface area contributed by atoms with Gasteiger partial charge in [0, 0.05) is 22.6 Å². The van der Waals surface area contributed by atoms with E-state index in [1.807, 2.05) is 6.07 Å². The molecule has 1 atom stereocenters. The summed E-state index contributed by atoms with van der Waals surface area (Å²) >= 11 is 3.42. The topological polar surface area (TPSA) is 83.6 Å². The van der Waals surface area contributed by atoms with Crippen LogP contribution in [0.2, 0.25) is 0 Å². The number of aliphatic carboxylic acids is 1. The van der Waals surface area contributed by atoms with E-state index in [0.29, 0.717) is 5.56 Å². The molecule has 1 aliphatic rings. The van der Waals surface area contributed by atoms with Gasteiger partial charge in [0.25, 0.3) is 0 Å². The van der Waals surface area contributed by atoms with Gasteiger partial charge < -0.3 is 15.7 Å². The summed E-state index contributed by atoms with van der Waals surface area (Å²) in [7, 11) is 0. The molecule has 1 fully saturated rings. The number of rotatable bonds is 4. The molecule has 1 heterocycles. The Morgan fingerprint density at radius 2 is 2.21 bits per heavy atom. The molecule has 0 bridgehead atoms. The molecule has 1 saturated heterocycles. The van der Waals surface area contributed by atoms with Gasteiger partial charge in [0.2, 0.25) is 5.91 Å². The lowest BCUT2D eigenvalue weighted by molar-refractivity contribution is -0.137. The lowest BCUT2D eigenvalue weighted by Gasteiger charge is -2.27. The number of anilines is 1. The number of nitrogens with zero attached hydrogens (tertiary/aromatic N) is 1. The maximum atomic E-state index is 11.1. The first-order valence-corrected chi connectivity index (χ1v) is 6.86. The van der Waals surface area contributed by atoms with Gasteiger partial charge in [-0.1, -0.05) is 0 Å². The molecule has 3 N–H and O–H groups in total. The van der Waals surface area contributed by atoms with E-state index >= 15 is 0 Å². The van der Waals surface area contributed by atoms with Crippen molar-refractivity contribution >= 4 is 33.5 Å². The Hall–Kier alpha value is -1.56. The molecule has 0 saturated carbocycles. The number of halogens is 1. The van der Waals surface area contributed by atoms with Crippen LogP contribution in [0.3, 0.4) is 0 Å². The number of carboxylic acid groups (broad SMARTS) is 1. The normalized spacial score (nSPS) is 18.6. The van der Waals surface area contributed by atoms with Gasteiger partial charge >= 0.3 is 5.97 Å². The van der Waals surface area contributed by atoms with Crippen molar-refractivity contribution < 1.29 is 14.7 Å². The number of nitrogens with two attached hydrogens (primary N) is 1. The summed E-state index contributed by atoms with van der Waals surface area (Å²) in [5.41, 5.74) is 6.57. The standard InChI is InChI=1S/C13H15BrN2O3/c14-10-6-8(13(15)19)3-4-11(10)16-5-1-2-9(16)7-12(17)18/h3-4,6,9H,1-2,5,7H2,(H2,15,19)(H,17,18). The van der Waals surface area contributed by atoms with E-state index in [2.05, 4.69) is 20.8 Å². The second kappa shape index (κ2) is 5.61. The maximum absolute atomic E-state index is 11.1. The molecule has 102 valence electrons. The van der Waals surface area contributed by atoms with Crippen LogP contribution in [0.15, 0.2) is 22.7 Å². The van der Waals surface area contributed by atoms with E-state index in [4.69, 9.17) is 10.8 Å². The first-order chi connectivity index (χ1) is 8.99. The molecule has 1 aromatic rings. The molecule has 1 aromatic carbocycles. The van der Waals surface area contributed by atoms with Crippen LogP contribution in [0.25, 0.3) is 0 Å². The summed E-state index contributed by atoms with van der Waals surface area (Å²) < 4.78 is 0.765. The molecule has 0 aromatic heterocycles. The summed E-state index contributed by atoms with van der Waals surface area (Å²) in [5.74, 6) is -1.27. The Balaban J connectivity index is 2.25. The van der Waals surface area contributed by atoms with Gasteiger partial charge in [0.05, 0.1) is 12.1 Å².